The van der Waals surface area contributed by atoms with Gasteiger partial charge in [-0.25, -0.2) is 9.78 Å². The summed E-state index contributed by atoms with van der Waals surface area (Å²) in [6.07, 6.45) is 2.01. The molecule has 0 bridgehead atoms. The third kappa shape index (κ3) is 3.37. The number of carboxylic acid groups (broad SMARTS) is 1. The molecule has 1 aliphatic rings. The first-order valence-electron chi connectivity index (χ1n) is 7.67. The lowest BCUT2D eigenvalue weighted by molar-refractivity contribution is 0.0700. The monoisotopic (exact) mass is 311 g/mol. The van der Waals surface area contributed by atoms with Gasteiger partial charge in [0, 0.05) is 25.7 Å². The van der Waals surface area contributed by atoms with E-state index >= 15 is 0 Å². The predicted molar refractivity (Wildman–Crippen MR) is 86.7 cm³/mol. The number of nitrogens with zero attached hydrogens (tertiary/aromatic N) is 3. The molecule has 1 saturated heterocycles. The minimum absolute atomic E-state index is 0.190. The second-order valence-electron chi connectivity index (χ2n) is 5.81. The highest BCUT2D eigenvalue weighted by molar-refractivity contribution is 7.17. The van der Waals surface area contributed by atoms with E-state index in [2.05, 4.69) is 35.7 Å². The van der Waals surface area contributed by atoms with Crippen molar-refractivity contribution in [1.82, 2.24) is 9.88 Å². The number of anilines is 1. The molecule has 0 aliphatic carbocycles. The zero-order valence-corrected chi connectivity index (χ0v) is 14.1. The molecule has 2 unspecified atom stereocenters. The van der Waals surface area contributed by atoms with Crippen LogP contribution in [0.5, 0.6) is 0 Å². The summed E-state index contributed by atoms with van der Waals surface area (Å²) in [5.41, 5.74) is 0.747. The van der Waals surface area contributed by atoms with Gasteiger partial charge in [0.05, 0.1) is 5.69 Å². The second-order valence-corrected chi connectivity index (χ2v) is 6.79. The van der Waals surface area contributed by atoms with Crippen LogP contribution in [0.1, 0.15) is 54.9 Å². The van der Waals surface area contributed by atoms with Crippen LogP contribution in [0.4, 0.5) is 5.13 Å². The van der Waals surface area contributed by atoms with E-state index in [0.29, 0.717) is 10.9 Å². The largest absolute Gasteiger partial charge is 0.477 e. The van der Waals surface area contributed by atoms with Crippen molar-refractivity contribution in [2.24, 2.45) is 0 Å². The molecule has 21 heavy (non-hydrogen) atoms. The number of thiazole rings is 1. The highest BCUT2D eigenvalue weighted by Gasteiger charge is 2.28. The van der Waals surface area contributed by atoms with E-state index in [-0.39, 0.29) is 5.92 Å². The molecule has 1 N–H and O–H groups in total. The zero-order valence-electron chi connectivity index (χ0n) is 13.3. The molecule has 0 spiro atoms. The van der Waals surface area contributed by atoms with Gasteiger partial charge < -0.3 is 10.0 Å². The number of hydrogen-bond donors (Lipinski definition) is 1. The fourth-order valence-corrected chi connectivity index (χ4v) is 3.76. The molecule has 5 nitrogen and oxygen atoms in total. The Labute approximate surface area is 130 Å². The minimum Gasteiger partial charge on any atom is -0.477 e. The van der Waals surface area contributed by atoms with Crippen LogP contribution < -0.4 is 4.90 Å². The van der Waals surface area contributed by atoms with Crippen molar-refractivity contribution in [1.29, 1.82) is 0 Å². The van der Waals surface area contributed by atoms with Gasteiger partial charge in [-0.1, -0.05) is 32.1 Å². The Morgan fingerprint density at radius 2 is 2.19 bits per heavy atom. The number of hydrogen-bond acceptors (Lipinski definition) is 5. The molecule has 0 saturated carbocycles. The summed E-state index contributed by atoms with van der Waals surface area (Å²) in [5, 5.41) is 10.3. The van der Waals surface area contributed by atoms with Gasteiger partial charge in [-0.2, -0.15) is 0 Å². The molecule has 6 heteroatoms. The number of carbonyl (C=O) groups is 1. The summed E-state index contributed by atoms with van der Waals surface area (Å²) in [6.45, 7) is 9.15. The van der Waals surface area contributed by atoms with Gasteiger partial charge in [0.1, 0.15) is 4.88 Å². The average Bonchev–Trinajstić information content (AvgIpc) is 2.92. The maximum Gasteiger partial charge on any atom is 0.347 e. The van der Waals surface area contributed by atoms with Crippen LogP contribution in [0.15, 0.2) is 0 Å². The van der Waals surface area contributed by atoms with Crippen LogP contribution in [0.3, 0.4) is 0 Å². The van der Waals surface area contributed by atoms with Gasteiger partial charge in [0.15, 0.2) is 5.13 Å². The molecular weight excluding hydrogens is 286 g/mol. The lowest BCUT2D eigenvalue weighted by Crippen LogP contribution is -2.51. The molecule has 118 valence electrons. The number of aromatic carboxylic acids is 1. The fraction of sp³-hybridized carbons (Fsp3) is 0.733. The first kappa shape index (κ1) is 16.2. The third-order valence-electron chi connectivity index (χ3n) is 4.43. The molecule has 1 aromatic rings. The molecule has 1 fully saturated rings. The molecule has 0 radical (unpaired) electrons. The van der Waals surface area contributed by atoms with Crippen molar-refractivity contribution in [3.8, 4) is 0 Å². The lowest BCUT2D eigenvalue weighted by Gasteiger charge is -2.39. The molecule has 2 atom stereocenters. The Morgan fingerprint density at radius 1 is 1.48 bits per heavy atom. The van der Waals surface area contributed by atoms with Crippen molar-refractivity contribution < 1.29 is 9.90 Å². The second kappa shape index (κ2) is 6.75. The number of likely N-dealkylation sites (N-methyl/N-ethyl adjacent to an activating group) is 1. The summed E-state index contributed by atoms with van der Waals surface area (Å²) >= 11 is 1.33. The van der Waals surface area contributed by atoms with E-state index in [1.54, 1.807) is 0 Å². The molecular formula is C15H25N3O2S. The Hall–Kier alpha value is -1.14. The van der Waals surface area contributed by atoms with Gasteiger partial charge >= 0.3 is 5.97 Å². The molecule has 0 aromatic carbocycles. The summed E-state index contributed by atoms with van der Waals surface area (Å²) in [6, 6.07) is 0.517. The molecule has 2 heterocycles. The molecule has 1 aromatic heterocycles. The molecule has 1 aliphatic heterocycles. The van der Waals surface area contributed by atoms with E-state index in [1.165, 1.54) is 11.3 Å². The van der Waals surface area contributed by atoms with Crippen molar-refractivity contribution in [2.45, 2.75) is 45.6 Å². The summed E-state index contributed by atoms with van der Waals surface area (Å²) in [5.74, 6) is -0.661. The Kier molecular flexibility index (Phi) is 5.22. The number of aromatic nitrogens is 1. The van der Waals surface area contributed by atoms with Gasteiger partial charge in [0.25, 0.3) is 0 Å². The maximum absolute atomic E-state index is 11.5. The molecule has 0 amide bonds. The Bertz CT molecular complexity index is 503. The van der Waals surface area contributed by atoms with Gasteiger partial charge in [-0.15, -0.1) is 0 Å². The van der Waals surface area contributed by atoms with Crippen LogP contribution in [-0.4, -0.2) is 53.7 Å². The van der Waals surface area contributed by atoms with Crippen molar-refractivity contribution in [2.75, 3.05) is 31.6 Å². The Morgan fingerprint density at radius 3 is 2.76 bits per heavy atom. The fourth-order valence-electron chi connectivity index (χ4n) is 2.70. The number of piperazine rings is 1. The van der Waals surface area contributed by atoms with Crippen LogP contribution in [0, 0.1) is 0 Å². The van der Waals surface area contributed by atoms with Crippen molar-refractivity contribution >= 4 is 22.4 Å². The van der Waals surface area contributed by atoms with Crippen LogP contribution in [0.25, 0.3) is 0 Å². The van der Waals surface area contributed by atoms with E-state index in [0.717, 1.165) is 43.3 Å². The van der Waals surface area contributed by atoms with Gasteiger partial charge in [-0.3, -0.25) is 4.90 Å². The highest BCUT2D eigenvalue weighted by Crippen LogP contribution is 2.33. The standard InChI is InChI=1S/C15H25N3O2S/c1-5-10(3)12-13(14(19)20)21-15(16-12)18-8-7-17(4)11(6-2)9-18/h10-11H,5-9H2,1-4H3,(H,19,20). The summed E-state index contributed by atoms with van der Waals surface area (Å²) < 4.78 is 0. The normalized spacial score (nSPS) is 21.5. The topological polar surface area (TPSA) is 56.7 Å². The first-order chi connectivity index (χ1) is 9.97. The van der Waals surface area contributed by atoms with Gasteiger partial charge in [0.2, 0.25) is 0 Å². The highest BCUT2D eigenvalue weighted by atomic mass is 32.1. The first-order valence-corrected chi connectivity index (χ1v) is 8.48. The van der Waals surface area contributed by atoms with E-state index in [4.69, 9.17) is 0 Å². The number of carboxylic acids is 1. The van der Waals surface area contributed by atoms with E-state index in [1.807, 2.05) is 6.92 Å². The van der Waals surface area contributed by atoms with E-state index < -0.39 is 5.97 Å². The number of rotatable bonds is 5. The minimum atomic E-state index is -0.852. The van der Waals surface area contributed by atoms with Crippen LogP contribution in [0.2, 0.25) is 0 Å². The Balaban J connectivity index is 2.26. The average molecular weight is 311 g/mol. The smallest absolute Gasteiger partial charge is 0.347 e. The van der Waals surface area contributed by atoms with Gasteiger partial charge in [-0.05, 0) is 25.8 Å². The lowest BCUT2D eigenvalue weighted by atomic mass is 10.0. The maximum atomic E-state index is 11.5. The van der Waals surface area contributed by atoms with Crippen molar-refractivity contribution in [3.05, 3.63) is 10.6 Å². The van der Waals surface area contributed by atoms with Crippen molar-refractivity contribution in [3.63, 3.8) is 0 Å². The van der Waals surface area contributed by atoms with E-state index in [9.17, 15) is 9.90 Å². The third-order valence-corrected chi connectivity index (χ3v) is 5.55. The molecule has 2 rings (SSSR count). The predicted octanol–water partition coefficient (Wildman–Crippen LogP) is 2.89. The quantitative estimate of drug-likeness (QED) is 0.906. The summed E-state index contributed by atoms with van der Waals surface area (Å²) in [4.78, 5) is 21.1. The summed E-state index contributed by atoms with van der Waals surface area (Å²) in [7, 11) is 2.15. The van der Waals surface area contributed by atoms with Crippen LogP contribution in [-0.2, 0) is 0 Å². The van der Waals surface area contributed by atoms with Crippen LogP contribution >= 0.6 is 11.3 Å². The SMILES string of the molecule is CCC(C)c1nc(N2CCN(C)C(CC)C2)sc1C(=O)O. The zero-order chi connectivity index (χ0) is 15.6.